The molecule has 1 N–H and O–H groups in total. The van der Waals surface area contributed by atoms with E-state index < -0.39 is 0 Å². The Hall–Kier alpha value is -2.73. The summed E-state index contributed by atoms with van der Waals surface area (Å²) in [6, 6.07) is 11.8. The third kappa shape index (κ3) is 3.97. The van der Waals surface area contributed by atoms with Crippen molar-refractivity contribution in [2.24, 2.45) is 5.92 Å². The SMILES string of the molecule is CN1CCC(CCNC(=O)c2cc(C3CC3)nc3onc(-c4ccccc4)c23)CC1. The average molecular weight is 405 g/mol. The maximum atomic E-state index is 13.2. The average Bonchev–Trinajstić information content (AvgIpc) is 3.54. The number of nitrogens with one attached hydrogen (secondary N) is 1. The van der Waals surface area contributed by atoms with Gasteiger partial charge in [-0.05, 0) is 64.2 Å². The highest BCUT2D eigenvalue weighted by atomic mass is 16.5. The Bertz CT molecular complexity index is 1030. The molecular formula is C24H28N4O2. The number of hydrogen-bond acceptors (Lipinski definition) is 5. The number of nitrogens with zero attached hydrogens (tertiary/aromatic N) is 3. The minimum absolute atomic E-state index is 0.0578. The van der Waals surface area contributed by atoms with Crippen LogP contribution >= 0.6 is 0 Å². The number of pyridine rings is 1. The quantitative estimate of drug-likeness (QED) is 0.666. The Labute approximate surface area is 176 Å². The molecule has 1 aromatic carbocycles. The largest absolute Gasteiger partial charge is 0.352 e. The van der Waals surface area contributed by atoms with Crippen LogP contribution in [0, 0.1) is 5.92 Å². The molecule has 1 saturated heterocycles. The molecule has 156 valence electrons. The zero-order valence-corrected chi connectivity index (χ0v) is 17.4. The van der Waals surface area contributed by atoms with Gasteiger partial charge in [0.1, 0.15) is 5.69 Å². The summed E-state index contributed by atoms with van der Waals surface area (Å²) in [5, 5.41) is 8.13. The molecule has 0 spiro atoms. The van der Waals surface area contributed by atoms with Gasteiger partial charge in [0.25, 0.3) is 11.6 Å². The first kappa shape index (κ1) is 19.2. The monoisotopic (exact) mass is 404 g/mol. The van der Waals surface area contributed by atoms with Crippen molar-refractivity contribution in [3.63, 3.8) is 0 Å². The second kappa shape index (κ2) is 8.19. The molecule has 1 aliphatic heterocycles. The predicted octanol–water partition coefficient (Wildman–Crippen LogP) is 4.23. The Morgan fingerprint density at radius 1 is 1.17 bits per heavy atom. The summed E-state index contributed by atoms with van der Waals surface area (Å²) in [6.45, 7) is 2.99. The van der Waals surface area contributed by atoms with Crippen LogP contribution < -0.4 is 5.32 Å². The Kier molecular flexibility index (Phi) is 5.25. The van der Waals surface area contributed by atoms with E-state index in [2.05, 4.69) is 27.4 Å². The van der Waals surface area contributed by atoms with Crippen LogP contribution in [-0.2, 0) is 0 Å². The molecular weight excluding hydrogens is 376 g/mol. The van der Waals surface area contributed by atoms with Gasteiger partial charge in [0.2, 0.25) is 0 Å². The zero-order valence-electron chi connectivity index (χ0n) is 17.4. The van der Waals surface area contributed by atoms with Gasteiger partial charge < -0.3 is 14.7 Å². The Morgan fingerprint density at radius 2 is 1.93 bits per heavy atom. The summed E-state index contributed by atoms with van der Waals surface area (Å²) in [7, 11) is 2.17. The molecule has 2 aliphatic rings. The third-order valence-electron chi connectivity index (χ3n) is 6.43. The Morgan fingerprint density at radius 3 is 2.67 bits per heavy atom. The number of hydrogen-bond donors (Lipinski definition) is 1. The number of amides is 1. The van der Waals surface area contributed by atoms with Crippen LogP contribution in [0.4, 0.5) is 0 Å². The fourth-order valence-electron chi connectivity index (χ4n) is 4.37. The number of likely N-dealkylation sites (tertiary alicyclic amines) is 1. The zero-order chi connectivity index (χ0) is 20.5. The first-order valence-corrected chi connectivity index (χ1v) is 11.0. The van der Waals surface area contributed by atoms with E-state index in [0.29, 0.717) is 40.7 Å². The number of carbonyl (C=O) groups excluding carboxylic acids is 1. The van der Waals surface area contributed by atoms with Crippen LogP contribution in [0.3, 0.4) is 0 Å². The highest BCUT2D eigenvalue weighted by molar-refractivity contribution is 6.09. The number of fused-ring (bicyclic) bond motifs is 1. The molecule has 3 aromatic rings. The van der Waals surface area contributed by atoms with E-state index in [4.69, 9.17) is 4.52 Å². The molecule has 1 amide bonds. The molecule has 1 aliphatic carbocycles. The van der Waals surface area contributed by atoms with E-state index in [1.54, 1.807) is 0 Å². The van der Waals surface area contributed by atoms with Crippen LogP contribution in [-0.4, -0.2) is 47.6 Å². The topological polar surface area (TPSA) is 71.3 Å². The second-order valence-corrected chi connectivity index (χ2v) is 8.74. The molecule has 2 fully saturated rings. The van der Waals surface area contributed by atoms with Crippen molar-refractivity contribution in [3.05, 3.63) is 47.7 Å². The number of carbonyl (C=O) groups is 1. The normalized spacial score (nSPS) is 18.0. The fourth-order valence-corrected chi connectivity index (χ4v) is 4.37. The first-order chi connectivity index (χ1) is 14.7. The van der Waals surface area contributed by atoms with Crippen LogP contribution in [0.1, 0.15) is 54.1 Å². The lowest BCUT2D eigenvalue weighted by Gasteiger charge is -2.28. The van der Waals surface area contributed by atoms with Crippen molar-refractivity contribution in [3.8, 4) is 11.3 Å². The maximum absolute atomic E-state index is 13.2. The lowest BCUT2D eigenvalue weighted by molar-refractivity contribution is 0.0950. The number of aromatic nitrogens is 2. The van der Waals surface area contributed by atoms with Crippen molar-refractivity contribution in [1.29, 1.82) is 0 Å². The summed E-state index contributed by atoms with van der Waals surface area (Å²) >= 11 is 0. The summed E-state index contributed by atoms with van der Waals surface area (Å²) in [5.41, 5.74) is 3.64. The summed E-state index contributed by atoms with van der Waals surface area (Å²) in [4.78, 5) is 20.3. The predicted molar refractivity (Wildman–Crippen MR) is 116 cm³/mol. The molecule has 0 radical (unpaired) electrons. The highest BCUT2D eigenvalue weighted by Crippen LogP contribution is 2.41. The Balaban J connectivity index is 1.40. The smallest absolute Gasteiger partial charge is 0.259 e. The van der Waals surface area contributed by atoms with Crippen LogP contribution in [0.2, 0.25) is 0 Å². The van der Waals surface area contributed by atoms with Gasteiger partial charge in [-0.25, -0.2) is 4.98 Å². The minimum atomic E-state index is -0.0578. The highest BCUT2D eigenvalue weighted by Gasteiger charge is 2.29. The number of benzene rings is 1. The van der Waals surface area contributed by atoms with Gasteiger partial charge in [0.05, 0.1) is 10.9 Å². The standard InChI is InChI=1S/C24H28N4O2/c1-28-13-10-16(11-14-28)9-12-25-23(29)19-15-20(17-7-8-17)26-24-21(19)22(27-30-24)18-5-3-2-4-6-18/h2-6,15-17H,7-14H2,1H3,(H,25,29). The molecule has 5 rings (SSSR count). The lowest BCUT2D eigenvalue weighted by atomic mass is 9.94. The van der Waals surface area contributed by atoms with E-state index in [0.717, 1.165) is 43.6 Å². The summed E-state index contributed by atoms with van der Waals surface area (Å²) in [6.07, 6.45) is 5.69. The van der Waals surface area contributed by atoms with E-state index in [1.165, 1.54) is 12.8 Å². The van der Waals surface area contributed by atoms with E-state index >= 15 is 0 Å². The molecule has 0 bridgehead atoms. The maximum Gasteiger partial charge on any atom is 0.259 e. The van der Waals surface area contributed by atoms with Gasteiger partial charge in [-0.15, -0.1) is 0 Å². The van der Waals surface area contributed by atoms with Crippen molar-refractivity contribution in [2.75, 3.05) is 26.7 Å². The summed E-state index contributed by atoms with van der Waals surface area (Å²) in [5.74, 6) is 1.07. The van der Waals surface area contributed by atoms with E-state index in [-0.39, 0.29) is 5.91 Å². The van der Waals surface area contributed by atoms with Crippen molar-refractivity contribution >= 4 is 17.0 Å². The molecule has 0 unspecified atom stereocenters. The van der Waals surface area contributed by atoms with Crippen molar-refractivity contribution < 1.29 is 9.32 Å². The minimum Gasteiger partial charge on any atom is -0.352 e. The molecule has 2 aromatic heterocycles. The van der Waals surface area contributed by atoms with Crippen LogP contribution in [0.5, 0.6) is 0 Å². The van der Waals surface area contributed by atoms with Gasteiger partial charge in [0.15, 0.2) is 0 Å². The molecule has 0 atom stereocenters. The van der Waals surface area contributed by atoms with Gasteiger partial charge >= 0.3 is 0 Å². The van der Waals surface area contributed by atoms with Crippen LogP contribution in [0.25, 0.3) is 22.4 Å². The molecule has 3 heterocycles. The second-order valence-electron chi connectivity index (χ2n) is 8.74. The van der Waals surface area contributed by atoms with Gasteiger partial charge in [0, 0.05) is 23.7 Å². The van der Waals surface area contributed by atoms with Crippen molar-refractivity contribution in [1.82, 2.24) is 20.4 Å². The fraction of sp³-hybridized carbons (Fsp3) is 0.458. The van der Waals surface area contributed by atoms with Gasteiger partial charge in [-0.2, -0.15) is 0 Å². The van der Waals surface area contributed by atoms with Crippen molar-refractivity contribution in [2.45, 2.75) is 38.0 Å². The molecule has 6 heteroatoms. The summed E-state index contributed by atoms with van der Waals surface area (Å²) < 4.78 is 5.58. The number of rotatable bonds is 6. The lowest BCUT2D eigenvalue weighted by Crippen LogP contribution is -2.32. The van der Waals surface area contributed by atoms with E-state index in [1.807, 2.05) is 36.4 Å². The molecule has 30 heavy (non-hydrogen) atoms. The number of piperidine rings is 1. The molecule has 6 nitrogen and oxygen atoms in total. The first-order valence-electron chi connectivity index (χ1n) is 11.0. The van der Waals surface area contributed by atoms with Gasteiger partial charge in [-0.1, -0.05) is 35.5 Å². The van der Waals surface area contributed by atoms with Gasteiger partial charge in [-0.3, -0.25) is 4.79 Å². The van der Waals surface area contributed by atoms with Crippen LogP contribution in [0.15, 0.2) is 40.9 Å². The third-order valence-corrected chi connectivity index (χ3v) is 6.43. The van der Waals surface area contributed by atoms with E-state index in [9.17, 15) is 4.79 Å². The molecule has 1 saturated carbocycles.